The lowest BCUT2D eigenvalue weighted by Gasteiger charge is -2.19. The first-order valence-corrected chi connectivity index (χ1v) is 7.45. The average Bonchev–Trinajstić information content (AvgIpc) is 2.38. The van der Waals surface area contributed by atoms with Gasteiger partial charge in [0.1, 0.15) is 5.82 Å². The van der Waals surface area contributed by atoms with Gasteiger partial charge in [0, 0.05) is 25.2 Å². The van der Waals surface area contributed by atoms with E-state index in [-0.39, 0.29) is 18.0 Å². The molecular formula is C13H19FN2O2S. The van der Waals surface area contributed by atoms with E-state index < -0.39 is 15.8 Å². The Morgan fingerprint density at radius 3 is 2.68 bits per heavy atom. The Morgan fingerprint density at radius 1 is 1.47 bits per heavy atom. The molecule has 0 radical (unpaired) electrons. The average molecular weight is 286 g/mol. The monoisotopic (exact) mass is 286 g/mol. The molecule has 6 heteroatoms. The molecule has 1 N–H and O–H groups in total. The number of hydrogen-bond donors (Lipinski definition) is 1. The van der Waals surface area contributed by atoms with E-state index in [9.17, 15) is 12.8 Å². The molecule has 4 nitrogen and oxygen atoms in total. The highest BCUT2D eigenvalue weighted by atomic mass is 32.2. The quantitative estimate of drug-likeness (QED) is 0.777. The summed E-state index contributed by atoms with van der Waals surface area (Å²) in [6, 6.07) is 3.84. The molecule has 0 bridgehead atoms. The van der Waals surface area contributed by atoms with Crippen molar-refractivity contribution >= 4 is 10.0 Å². The van der Waals surface area contributed by atoms with Gasteiger partial charge in [0.2, 0.25) is 10.0 Å². The summed E-state index contributed by atoms with van der Waals surface area (Å²) in [7, 11) is -1.93. The molecule has 0 spiro atoms. The minimum Gasteiger partial charge on any atom is -0.316 e. The molecule has 1 aromatic carbocycles. The number of benzene rings is 1. The van der Waals surface area contributed by atoms with Crippen LogP contribution in [0.15, 0.2) is 35.7 Å². The fraction of sp³-hybridized carbons (Fsp3) is 0.385. The van der Waals surface area contributed by atoms with Crippen LogP contribution in [0, 0.1) is 5.82 Å². The van der Waals surface area contributed by atoms with Crippen LogP contribution in [-0.4, -0.2) is 32.9 Å². The molecule has 0 aliphatic rings. The van der Waals surface area contributed by atoms with E-state index in [2.05, 4.69) is 11.9 Å². The van der Waals surface area contributed by atoms with Gasteiger partial charge in [-0.1, -0.05) is 13.0 Å². The molecule has 1 rings (SSSR count). The topological polar surface area (TPSA) is 49.4 Å². The third-order valence-electron chi connectivity index (χ3n) is 2.71. The van der Waals surface area contributed by atoms with Gasteiger partial charge in [0.15, 0.2) is 0 Å². The summed E-state index contributed by atoms with van der Waals surface area (Å²) < 4.78 is 39.5. The molecule has 0 aliphatic heterocycles. The van der Waals surface area contributed by atoms with E-state index in [0.717, 1.165) is 0 Å². The van der Waals surface area contributed by atoms with Crippen molar-refractivity contribution < 1.29 is 12.8 Å². The summed E-state index contributed by atoms with van der Waals surface area (Å²) in [5.41, 5.74) is 0.332. The number of rotatable bonds is 7. The lowest BCUT2D eigenvalue weighted by atomic mass is 10.2. The Bertz CT molecular complexity index is 544. The van der Waals surface area contributed by atoms with E-state index in [0.29, 0.717) is 12.1 Å². The maximum absolute atomic E-state index is 13.5. The fourth-order valence-electron chi connectivity index (χ4n) is 1.73. The smallest absolute Gasteiger partial charge is 0.243 e. The highest BCUT2D eigenvalue weighted by Gasteiger charge is 2.22. The van der Waals surface area contributed by atoms with E-state index in [1.54, 1.807) is 14.0 Å². The van der Waals surface area contributed by atoms with Gasteiger partial charge < -0.3 is 5.32 Å². The minimum atomic E-state index is -3.60. The van der Waals surface area contributed by atoms with Crippen molar-refractivity contribution in [2.75, 3.05) is 20.1 Å². The number of hydrogen-bond acceptors (Lipinski definition) is 3. The first-order chi connectivity index (χ1) is 8.97. The highest BCUT2D eigenvalue weighted by molar-refractivity contribution is 7.89. The first kappa shape index (κ1) is 15.8. The molecule has 0 heterocycles. The maximum Gasteiger partial charge on any atom is 0.243 e. The molecular weight excluding hydrogens is 267 g/mol. The van der Waals surface area contributed by atoms with Crippen LogP contribution in [0.3, 0.4) is 0 Å². The predicted octanol–water partition coefficient (Wildman–Crippen LogP) is 1.74. The maximum atomic E-state index is 13.5. The van der Waals surface area contributed by atoms with Gasteiger partial charge in [-0.25, -0.2) is 12.8 Å². The molecule has 0 aliphatic carbocycles. The van der Waals surface area contributed by atoms with Crippen LogP contribution in [-0.2, 0) is 16.6 Å². The number of likely N-dealkylation sites (N-methyl/N-ethyl adjacent to an activating group) is 1. The van der Waals surface area contributed by atoms with Crippen molar-refractivity contribution in [3.8, 4) is 0 Å². The Balaban J connectivity index is 3.20. The molecule has 0 atom stereocenters. The summed E-state index contributed by atoms with van der Waals surface area (Å²) in [4.78, 5) is 0.0999. The molecule has 106 valence electrons. The summed E-state index contributed by atoms with van der Waals surface area (Å²) in [6.07, 6.45) is 1.53. The number of nitrogens with one attached hydrogen (secondary N) is 1. The first-order valence-electron chi connectivity index (χ1n) is 6.01. The highest BCUT2D eigenvalue weighted by Crippen LogP contribution is 2.19. The van der Waals surface area contributed by atoms with Gasteiger partial charge in [0.05, 0.1) is 4.90 Å². The third-order valence-corrected chi connectivity index (χ3v) is 4.64. The van der Waals surface area contributed by atoms with Crippen LogP contribution in [0.25, 0.3) is 0 Å². The zero-order chi connectivity index (χ0) is 14.5. The molecule has 0 amide bonds. The van der Waals surface area contributed by atoms with Crippen LogP contribution in [0.2, 0.25) is 0 Å². The van der Waals surface area contributed by atoms with Crippen molar-refractivity contribution in [1.29, 1.82) is 0 Å². The second-order valence-corrected chi connectivity index (χ2v) is 5.97. The Morgan fingerprint density at radius 2 is 2.16 bits per heavy atom. The molecule has 0 fully saturated rings. The minimum absolute atomic E-state index is 0.0999. The van der Waals surface area contributed by atoms with E-state index in [4.69, 9.17) is 0 Å². The molecule has 0 saturated carbocycles. The van der Waals surface area contributed by atoms with Crippen LogP contribution in [0.4, 0.5) is 4.39 Å². The van der Waals surface area contributed by atoms with Crippen LogP contribution < -0.4 is 5.32 Å². The lowest BCUT2D eigenvalue weighted by molar-refractivity contribution is 0.459. The van der Waals surface area contributed by atoms with Crippen molar-refractivity contribution in [2.45, 2.75) is 18.4 Å². The van der Waals surface area contributed by atoms with Gasteiger partial charge in [-0.15, -0.1) is 6.58 Å². The fourth-order valence-corrected chi connectivity index (χ4v) is 3.20. The number of nitrogens with zero attached hydrogens (tertiary/aromatic N) is 1. The van der Waals surface area contributed by atoms with Crippen LogP contribution in [0.5, 0.6) is 0 Å². The van der Waals surface area contributed by atoms with Crippen LogP contribution in [0.1, 0.15) is 12.5 Å². The van der Waals surface area contributed by atoms with Crippen molar-refractivity contribution in [1.82, 2.24) is 9.62 Å². The standard InChI is InChI=1S/C13H19FN2O2S/c1-4-8-16(5-2)19(17,18)12-6-7-13(14)11(9-12)10-15-3/h4,6-7,9,15H,1,5,8,10H2,2-3H3. The zero-order valence-corrected chi connectivity index (χ0v) is 12.0. The molecule has 1 aromatic rings. The van der Waals surface area contributed by atoms with Crippen LogP contribution >= 0.6 is 0 Å². The summed E-state index contributed by atoms with van der Waals surface area (Å²) in [5.74, 6) is -0.417. The van der Waals surface area contributed by atoms with Gasteiger partial charge in [0.25, 0.3) is 0 Å². The van der Waals surface area contributed by atoms with E-state index in [1.165, 1.54) is 28.6 Å². The van der Waals surface area contributed by atoms with Gasteiger partial charge >= 0.3 is 0 Å². The third kappa shape index (κ3) is 3.62. The summed E-state index contributed by atoms with van der Waals surface area (Å²) in [5, 5.41) is 2.81. The van der Waals surface area contributed by atoms with Gasteiger partial charge in [-0.3, -0.25) is 0 Å². The molecule has 19 heavy (non-hydrogen) atoms. The molecule has 0 unspecified atom stereocenters. The second-order valence-electron chi connectivity index (χ2n) is 4.03. The van der Waals surface area contributed by atoms with Gasteiger partial charge in [-0.2, -0.15) is 4.31 Å². The molecule has 0 aromatic heterocycles. The normalized spacial score (nSPS) is 11.8. The van der Waals surface area contributed by atoms with Crippen molar-refractivity contribution in [3.05, 3.63) is 42.2 Å². The largest absolute Gasteiger partial charge is 0.316 e. The lowest BCUT2D eigenvalue weighted by Crippen LogP contribution is -2.31. The SMILES string of the molecule is C=CCN(CC)S(=O)(=O)c1ccc(F)c(CNC)c1. The predicted molar refractivity (Wildman–Crippen MR) is 73.8 cm³/mol. The zero-order valence-electron chi connectivity index (χ0n) is 11.2. The Labute approximate surface area is 114 Å². The number of halogens is 1. The second kappa shape index (κ2) is 6.79. The Kier molecular flexibility index (Phi) is 5.65. The van der Waals surface area contributed by atoms with Crippen molar-refractivity contribution in [3.63, 3.8) is 0 Å². The number of sulfonamides is 1. The van der Waals surface area contributed by atoms with Gasteiger partial charge in [-0.05, 0) is 25.2 Å². The summed E-state index contributed by atoms with van der Waals surface area (Å²) in [6.45, 7) is 6.14. The van der Waals surface area contributed by atoms with Crippen molar-refractivity contribution in [2.24, 2.45) is 0 Å². The summed E-state index contributed by atoms with van der Waals surface area (Å²) >= 11 is 0. The van der Waals surface area contributed by atoms with E-state index in [1.807, 2.05) is 0 Å². The van der Waals surface area contributed by atoms with E-state index >= 15 is 0 Å². The molecule has 0 saturated heterocycles. The Hall–Kier alpha value is -1.24.